The number of carbonyl (C=O) groups excluding carboxylic acids is 1. The second kappa shape index (κ2) is 6.36. The second-order valence-corrected chi connectivity index (χ2v) is 7.08. The molecule has 4 heteroatoms. The molecule has 2 aliphatic rings. The minimum atomic E-state index is -0.299. The summed E-state index contributed by atoms with van der Waals surface area (Å²) in [5.74, 6) is 0.217. The van der Waals surface area contributed by atoms with Crippen molar-refractivity contribution in [2.45, 2.75) is 32.4 Å². The van der Waals surface area contributed by atoms with Gasteiger partial charge in [-0.05, 0) is 48.6 Å². The first-order chi connectivity index (χ1) is 11.8. The Bertz CT molecular complexity index is 731. The van der Waals surface area contributed by atoms with Crippen LogP contribution in [-0.2, 0) is 24.3 Å². The minimum Gasteiger partial charge on any atom is -0.351 e. The van der Waals surface area contributed by atoms with Crippen LogP contribution in [0.4, 0.5) is 0 Å². The lowest BCUT2D eigenvalue weighted by molar-refractivity contribution is -0.134. The van der Waals surface area contributed by atoms with Crippen molar-refractivity contribution in [3.63, 3.8) is 0 Å². The number of piperidine rings is 1. The van der Waals surface area contributed by atoms with Crippen LogP contribution in [0.25, 0.3) is 0 Å². The molecular formula is C20H23N3O. The third kappa shape index (κ3) is 2.94. The van der Waals surface area contributed by atoms with Crippen molar-refractivity contribution in [1.82, 2.24) is 15.2 Å². The van der Waals surface area contributed by atoms with Gasteiger partial charge in [-0.1, -0.05) is 30.3 Å². The van der Waals surface area contributed by atoms with E-state index in [0.717, 1.165) is 38.9 Å². The van der Waals surface area contributed by atoms with Gasteiger partial charge >= 0.3 is 0 Å². The zero-order valence-corrected chi connectivity index (χ0v) is 13.9. The van der Waals surface area contributed by atoms with E-state index in [9.17, 15) is 4.79 Å². The van der Waals surface area contributed by atoms with Crippen molar-refractivity contribution in [2.24, 2.45) is 5.41 Å². The van der Waals surface area contributed by atoms with Crippen LogP contribution in [0.3, 0.4) is 0 Å². The summed E-state index contributed by atoms with van der Waals surface area (Å²) < 4.78 is 0. The Morgan fingerprint density at radius 3 is 2.88 bits per heavy atom. The number of nitrogens with zero attached hydrogens (tertiary/aromatic N) is 2. The van der Waals surface area contributed by atoms with Crippen LogP contribution >= 0.6 is 0 Å². The normalized spacial score (nSPS) is 24.2. The van der Waals surface area contributed by atoms with E-state index in [1.165, 1.54) is 16.7 Å². The highest BCUT2D eigenvalue weighted by atomic mass is 16.2. The van der Waals surface area contributed by atoms with Crippen molar-refractivity contribution in [2.75, 3.05) is 13.1 Å². The summed E-state index contributed by atoms with van der Waals surface area (Å²) in [5.41, 5.74) is 3.49. The van der Waals surface area contributed by atoms with Crippen molar-refractivity contribution in [3.05, 3.63) is 65.5 Å². The van der Waals surface area contributed by atoms with E-state index >= 15 is 0 Å². The minimum absolute atomic E-state index is 0.217. The van der Waals surface area contributed by atoms with Gasteiger partial charge in [0.1, 0.15) is 0 Å². The molecule has 1 N–H and O–H groups in total. The summed E-state index contributed by atoms with van der Waals surface area (Å²) in [7, 11) is 0. The third-order valence-corrected chi connectivity index (χ3v) is 5.35. The molecule has 4 rings (SSSR count). The van der Waals surface area contributed by atoms with Crippen LogP contribution in [0, 0.1) is 5.41 Å². The zero-order chi connectivity index (χ0) is 16.4. The van der Waals surface area contributed by atoms with Crippen LogP contribution in [0.2, 0.25) is 0 Å². The topological polar surface area (TPSA) is 45.2 Å². The Balaban J connectivity index is 1.58. The van der Waals surface area contributed by atoms with Crippen LogP contribution < -0.4 is 5.32 Å². The SMILES string of the molecule is O=C1NCc2ccccc2CC12CCCN(Cc1cccnc1)C2. The number of pyridine rings is 1. The average molecular weight is 321 g/mol. The molecule has 24 heavy (non-hydrogen) atoms. The lowest BCUT2D eigenvalue weighted by Gasteiger charge is -2.41. The molecule has 1 unspecified atom stereocenters. The molecule has 3 heterocycles. The quantitative estimate of drug-likeness (QED) is 0.924. The number of benzene rings is 1. The van der Waals surface area contributed by atoms with Crippen molar-refractivity contribution >= 4 is 5.91 Å². The van der Waals surface area contributed by atoms with E-state index in [1.807, 2.05) is 12.3 Å². The van der Waals surface area contributed by atoms with Crippen molar-refractivity contribution in [1.29, 1.82) is 0 Å². The number of hydrogen-bond acceptors (Lipinski definition) is 3. The number of rotatable bonds is 2. The Labute approximate surface area is 142 Å². The van der Waals surface area contributed by atoms with Gasteiger partial charge in [0.25, 0.3) is 0 Å². The highest BCUT2D eigenvalue weighted by molar-refractivity contribution is 5.84. The Morgan fingerprint density at radius 2 is 2.04 bits per heavy atom. The summed E-state index contributed by atoms with van der Waals surface area (Å²) >= 11 is 0. The average Bonchev–Trinajstić information content (AvgIpc) is 2.74. The van der Waals surface area contributed by atoms with E-state index < -0.39 is 0 Å². The van der Waals surface area contributed by atoms with Crippen molar-refractivity contribution in [3.8, 4) is 0 Å². The molecule has 0 bridgehead atoms. The number of hydrogen-bond donors (Lipinski definition) is 1. The third-order valence-electron chi connectivity index (χ3n) is 5.35. The van der Waals surface area contributed by atoms with E-state index in [-0.39, 0.29) is 11.3 Å². The monoisotopic (exact) mass is 321 g/mol. The molecular weight excluding hydrogens is 298 g/mol. The first-order valence-electron chi connectivity index (χ1n) is 8.72. The molecule has 0 aliphatic carbocycles. The number of carbonyl (C=O) groups is 1. The van der Waals surface area contributed by atoms with Gasteiger partial charge in [-0.25, -0.2) is 0 Å². The smallest absolute Gasteiger partial charge is 0.228 e. The zero-order valence-electron chi connectivity index (χ0n) is 13.9. The Kier molecular flexibility index (Phi) is 4.07. The molecule has 1 amide bonds. The van der Waals surface area contributed by atoms with Gasteiger partial charge in [0, 0.05) is 32.0 Å². The van der Waals surface area contributed by atoms with Gasteiger partial charge in [0.2, 0.25) is 5.91 Å². The van der Waals surface area contributed by atoms with Gasteiger partial charge in [0.15, 0.2) is 0 Å². The maximum atomic E-state index is 12.9. The molecule has 124 valence electrons. The fourth-order valence-electron chi connectivity index (χ4n) is 4.15. The van der Waals surface area contributed by atoms with Crippen LogP contribution in [0.15, 0.2) is 48.8 Å². The molecule has 1 saturated heterocycles. The second-order valence-electron chi connectivity index (χ2n) is 7.08. The van der Waals surface area contributed by atoms with Crippen LogP contribution in [0.5, 0.6) is 0 Å². The maximum Gasteiger partial charge on any atom is 0.228 e. The number of amides is 1. The summed E-state index contributed by atoms with van der Waals surface area (Å²) in [6.45, 7) is 3.39. The number of aromatic nitrogens is 1. The molecule has 1 fully saturated rings. The van der Waals surface area contributed by atoms with Crippen LogP contribution in [-0.4, -0.2) is 28.9 Å². The summed E-state index contributed by atoms with van der Waals surface area (Å²) in [6.07, 6.45) is 6.60. The molecule has 0 radical (unpaired) electrons. The largest absolute Gasteiger partial charge is 0.351 e. The van der Waals surface area contributed by atoms with Gasteiger partial charge in [-0.2, -0.15) is 0 Å². The van der Waals surface area contributed by atoms with Gasteiger partial charge in [0.05, 0.1) is 5.41 Å². The highest BCUT2D eigenvalue weighted by Crippen LogP contribution is 2.37. The Morgan fingerprint density at radius 1 is 1.17 bits per heavy atom. The molecule has 4 nitrogen and oxygen atoms in total. The Hall–Kier alpha value is -2.20. The van der Waals surface area contributed by atoms with E-state index in [2.05, 4.69) is 45.5 Å². The summed E-state index contributed by atoms with van der Waals surface area (Å²) in [5, 5.41) is 3.17. The van der Waals surface area contributed by atoms with Gasteiger partial charge in [-0.3, -0.25) is 14.7 Å². The summed E-state index contributed by atoms with van der Waals surface area (Å²) in [6, 6.07) is 12.5. The van der Waals surface area contributed by atoms with E-state index in [0.29, 0.717) is 6.54 Å². The molecule has 1 aromatic carbocycles. The van der Waals surface area contributed by atoms with Gasteiger partial charge < -0.3 is 5.32 Å². The fourth-order valence-corrected chi connectivity index (χ4v) is 4.15. The predicted molar refractivity (Wildman–Crippen MR) is 93.2 cm³/mol. The lowest BCUT2D eigenvalue weighted by atomic mass is 9.74. The van der Waals surface area contributed by atoms with Gasteiger partial charge in [-0.15, -0.1) is 0 Å². The number of likely N-dealkylation sites (tertiary alicyclic amines) is 1. The fraction of sp³-hybridized carbons (Fsp3) is 0.400. The molecule has 2 aromatic rings. The predicted octanol–water partition coefficient (Wildman–Crippen LogP) is 2.54. The first kappa shape index (κ1) is 15.3. The first-order valence-corrected chi connectivity index (χ1v) is 8.72. The van der Waals surface area contributed by atoms with Crippen molar-refractivity contribution < 1.29 is 4.79 Å². The lowest BCUT2D eigenvalue weighted by Crippen LogP contribution is -2.51. The standard InChI is InChI=1S/C20H23N3O/c24-19-20(11-17-6-1-2-7-18(17)13-22-19)8-4-10-23(15-20)14-16-5-3-9-21-12-16/h1-3,5-7,9,12H,4,8,10-11,13-15H2,(H,22,24). The number of nitrogens with one attached hydrogen (secondary N) is 1. The molecule has 2 aliphatic heterocycles. The van der Waals surface area contributed by atoms with E-state index in [1.54, 1.807) is 6.20 Å². The summed E-state index contributed by atoms with van der Waals surface area (Å²) in [4.78, 5) is 19.5. The molecule has 1 spiro atoms. The number of fused-ring (bicyclic) bond motifs is 1. The molecule has 1 aromatic heterocycles. The molecule has 1 atom stereocenters. The highest BCUT2D eigenvalue weighted by Gasteiger charge is 2.43. The maximum absolute atomic E-state index is 12.9. The molecule has 0 saturated carbocycles. The van der Waals surface area contributed by atoms with Crippen LogP contribution in [0.1, 0.15) is 29.5 Å². The van der Waals surface area contributed by atoms with E-state index in [4.69, 9.17) is 0 Å².